The molecule has 4 rings (SSSR count). The molecule has 2 aromatic carbocycles. The lowest BCUT2D eigenvalue weighted by Crippen LogP contribution is -2.56. The number of ether oxygens (including phenoxy) is 5. The number of amides is 1. The summed E-state index contributed by atoms with van der Waals surface area (Å²) in [5.74, 6) is 0.399. The average Bonchev–Trinajstić information content (AvgIpc) is 3.41. The number of nitrogens with zero attached hydrogens (tertiary/aromatic N) is 1. The Hall–Kier alpha value is -2.82. The minimum atomic E-state index is -1.07. The van der Waals surface area contributed by atoms with Crippen molar-refractivity contribution < 1.29 is 33.3 Å². The smallest absolute Gasteiger partial charge is 0.309 e. The van der Waals surface area contributed by atoms with Crippen LogP contribution in [-0.4, -0.2) is 55.3 Å². The fourth-order valence-corrected chi connectivity index (χ4v) is 6.62. The molecule has 1 unspecified atom stereocenters. The van der Waals surface area contributed by atoms with E-state index in [2.05, 4.69) is 0 Å². The molecule has 2 heterocycles. The zero-order valence-electron chi connectivity index (χ0n) is 25.8. The number of halogens is 2. The third kappa shape index (κ3) is 8.46. The van der Waals surface area contributed by atoms with Crippen molar-refractivity contribution in [1.29, 1.82) is 0 Å². The van der Waals surface area contributed by atoms with Crippen LogP contribution < -0.4 is 9.47 Å². The van der Waals surface area contributed by atoms with E-state index in [0.29, 0.717) is 33.9 Å². The van der Waals surface area contributed by atoms with Gasteiger partial charge in [0.25, 0.3) is 5.91 Å². The zero-order chi connectivity index (χ0) is 32.0. The Labute approximate surface area is 273 Å². The van der Waals surface area contributed by atoms with Crippen LogP contribution in [0.4, 0.5) is 0 Å². The molecule has 1 aliphatic heterocycles. The number of thiophene rings is 1. The summed E-state index contributed by atoms with van der Waals surface area (Å²) in [6.07, 6.45) is -1.34. The molecule has 1 aliphatic rings. The van der Waals surface area contributed by atoms with Crippen LogP contribution in [-0.2, 0) is 30.4 Å². The van der Waals surface area contributed by atoms with Gasteiger partial charge in [0.05, 0.1) is 50.3 Å². The Morgan fingerprint density at radius 1 is 1.05 bits per heavy atom. The first kappa shape index (κ1) is 34.1. The van der Waals surface area contributed by atoms with Crippen LogP contribution in [0.2, 0.25) is 9.36 Å². The van der Waals surface area contributed by atoms with Gasteiger partial charge < -0.3 is 28.6 Å². The van der Waals surface area contributed by atoms with E-state index in [1.807, 2.05) is 49.4 Å². The first-order chi connectivity index (χ1) is 20.9. The van der Waals surface area contributed by atoms with E-state index in [4.69, 9.17) is 46.9 Å². The number of carbonyl (C=O) groups excluding carboxylic acids is 2. The van der Waals surface area contributed by atoms with Gasteiger partial charge >= 0.3 is 5.97 Å². The topological polar surface area (TPSA) is 83.5 Å². The maximum Gasteiger partial charge on any atom is 0.309 e. The summed E-state index contributed by atoms with van der Waals surface area (Å²) in [4.78, 5) is 29.9. The lowest BCUT2D eigenvalue weighted by atomic mass is 9.93. The summed E-state index contributed by atoms with van der Waals surface area (Å²) >= 11 is 14.2. The largest absolute Gasteiger partial charge is 0.493 e. The van der Waals surface area contributed by atoms with E-state index in [0.717, 1.165) is 16.0 Å². The molecule has 0 spiro atoms. The van der Waals surface area contributed by atoms with Crippen LogP contribution in [0.1, 0.15) is 68.7 Å². The summed E-state index contributed by atoms with van der Waals surface area (Å²) in [6, 6.07) is 15.8. The number of carbonyl (C=O) groups is 2. The molecule has 1 amide bonds. The molecule has 0 saturated carbocycles. The molecular formula is C33H39Cl2NO7S. The van der Waals surface area contributed by atoms with Crippen LogP contribution >= 0.6 is 34.5 Å². The molecule has 11 heteroatoms. The summed E-state index contributed by atoms with van der Waals surface area (Å²) < 4.78 is 29.6. The van der Waals surface area contributed by atoms with Crippen molar-refractivity contribution >= 4 is 46.4 Å². The molecule has 0 radical (unpaired) electrons. The van der Waals surface area contributed by atoms with Gasteiger partial charge in [-0.05, 0) is 74.7 Å². The Morgan fingerprint density at radius 2 is 1.80 bits per heavy atom. The highest BCUT2D eigenvalue weighted by Gasteiger charge is 2.48. The van der Waals surface area contributed by atoms with E-state index in [1.165, 1.54) is 11.3 Å². The van der Waals surface area contributed by atoms with Gasteiger partial charge in [-0.2, -0.15) is 0 Å². The highest BCUT2D eigenvalue weighted by atomic mass is 35.5. The van der Waals surface area contributed by atoms with Crippen molar-refractivity contribution in [2.24, 2.45) is 0 Å². The third-order valence-electron chi connectivity index (χ3n) is 7.15. The Bertz CT molecular complexity index is 1440. The molecule has 4 atom stereocenters. The molecule has 1 fully saturated rings. The molecular weight excluding hydrogens is 625 g/mol. The second kappa shape index (κ2) is 15.0. The average molecular weight is 665 g/mol. The number of esters is 1. The zero-order valence-corrected chi connectivity index (χ0v) is 28.1. The van der Waals surface area contributed by atoms with Gasteiger partial charge in [0.2, 0.25) is 0 Å². The quantitative estimate of drug-likeness (QED) is 0.183. The summed E-state index contributed by atoms with van der Waals surface area (Å²) in [5.41, 5.74) is 0.966. The maximum absolute atomic E-state index is 14.3. The predicted octanol–water partition coefficient (Wildman–Crippen LogP) is 7.81. The van der Waals surface area contributed by atoms with E-state index in [9.17, 15) is 9.59 Å². The number of benzene rings is 2. The number of morpholine rings is 1. The van der Waals surface area contributed by atoms with Crippen molar-refractivity contribution in [2.45, 2.75) is 77.0 Å². The Kier molecular flexibility index (Phi) is 11.6. The van der Waals surface area contributed by atoms with Gasteiger partial charge in [0, 0.05) is 9.90 Å². The van der Waals surface area contributed by atoms with Gasteiger partial charge in [-0.1, -0.05) is 48.3 Å². The fraction of sp³-hybridized carbons (Fsp3) is 0.455. The van der Waals surface area contributed by atoms with Crippen LogP contribution in [0.3, 0.4) is 0 Å². The summed E-state index contributed by atoms with van der Waals surface area (Å²) in [5, 5.41) is 0.534. The van der Waals surface area contributed by atoms with Crippen LogP contribution in [0, 0.1) is 0 Å². The molecule has 0 bridgehead atoms. The van der Waals surface area contributed by atoms with Crippen molar-refractivity contribution in [2.75, 3.05) is 20.8 Å². The van der Waals surface area contributed by atoms with Crippen LogP contribution in [0.15, 0.2) is 54.6 Å². The van der Waals surface area contributed by atoms with Gasteiger partial charge in [-0.15, -0.1) is 11.3 Å². The van der Waals surface area contributed by atoms with Crippen molar-refractivity contribution in [3.05, 3.63) is 80.0 Å². The molecule has 3 aromatic rings. The van der Waals surface area contributed by atoms with E-state index < -0.39 is 29.8 Å². The third-order valence-corrected chi connectivity index (χ3v) is 8.69. The fourth-order valence-electron chi connectivity index (χ4n) is 5.23. The van der Waals surface area contributed by atoms with E-state index >= 15 is 0 Å². The molecule has 0 aliphatic carbocycles. The van der Waals surface area contributed by atoms with Crippen molar-refractivity contribution in [1.82, 2.24) is 4.90 Å². The maximum atomic E-state index is 14.3. The van der Waals surface area contributed by atoms with Gasteiger partial charge in [-0.25, -0.2) is 0 Å². The monoisotopic (exact) mass is 663 g/mol. The number of methoxy groups -OCH3 is 2. The second-order valence-corrected chi connectivity index (χ2v) is 13.7. The lowest BCUT2D eigenvalue weighted by molar-refractivity contribution is -0.188. The number of hydrogen-bond acceptors (Lipinski definition) is 8. The second-order valence-electron chi connectivity index (χ2n) is 11.5. The molecule has 1 aromatic heterocycles. The minimum Gasteiger partial charge on any atom is -0.493 e. The highest BCUT2D eigenvalue weighted by molar-refractivity contribution is 7.16. The molecule has 1 saturated heterocycles. The molecule has 0 N–H and O–H groups in total. The highest BCUT2D eigenvalue weighted by Crippen LogP contribution is 2.47. The standard InChI is InChI=1S/C33H39Cl2NO7S/c1-7-23(19-41-18-20-11-12-24(39-5)25(15-20)40-6)36-30(27-13-14-28(35)44-27)31(21-9-8-10-22(34)16-21)42-26(32(36)38)17-29(37)43-33(2,3)4/h8-16,23,26,30-31H,7,17-19H2,1-6H3/t23?,26-,30+,31+/m0/s1. The number of hydrogen-bond donors (Lipinski definition) is 0. The summed E-state index contributed by atoms with van der Waals surface area (Å²) in [7, 11) is 3.17. The van der Waals surface area contributed by atoms with Gasteiger partial charge in [0.15, 0.2) is 11.5 Å². The Morgan fingerprint density at radius 3 is 2.41 bits per heavy atom. The van der Waals surface area contributed by atoms with E-state index in [1.54, 1.807) is 52.0 Å². The van der Waals surface area contributed by atoms with Crippen molar-refractivity contribution in [3.63, 3.8) is 0 Å². The van der Waals surface area contributed by atoms with Gasteiger partial charge in [-0.3, -0.25) is 9.59 Å². The van der Waals surface area contributed by atoms with E-state index in [-0.39, 0.29) is 25.0 Å². The first-order valence-corrected chi connectivity index (χ1v) is 16.0. The normalized spacial score (nSPS) is 19.5. The number of rotatable bonds is 12. The van der Waals surface area contributed by atoms with Crippen molar-refractivity contribution in [3.8, 4) is 11.5 Å². The molecule has 238 valence electrons. The Balaban J connectivity index is 1.68. The van der Waals surface area contributed by atoms with Crippen LogP contribution in [0.25, 0.3) is 0 Å². The first-order valence-electron chi connectivity index (χ1n) is 14.4. The minimum absolute atomic E-state index is 0.232. The molecule has 44 heavy (non-hydrogen) atoms. The van der Waals surface area contributed by atoms with Crippen LogP contribution in [0.5, 0.6) is 11.5 Å². The summed E-state index contributed by atoms with van der Waals surface area (Å²) in [6.45, 7) is 7.90. The predicted molar refractivity (Wildman–Crippen MR) is 172 cm³/mol. The molecule has 8 nitrogen and oxygen atoms in total. The SMILES string of the molecule is CCC(COCc1ccc(OC)c(OC)c1)N1C(=O)[C@H](CC(=O)OC(C)(C)C)O[C@H](c2cccc(Cl)c2)[C@H]1c1ccc(Cl)s1. The van der Waals surface area contributed by atoms with Gasteiger partial charge in [0.1, 0.15) is 17.8 Å². The lowest BCUT2D eigenvalue weighted by Gasteiger charge is -2.47.